The van der Waals surface area contributed by atoms with Crippen molar-refractivity contribution in [1.82, 2.24) is 9.97 Å². The molecule has 1 aromatic carbocycles. The highest BCUT2D eigenvalue weighted by atomic mass is 79.9. The third-order valence-corrected chi connectivity index (χ3v) is 4.52. The number of nitrogens with one attached hydrogen (secondary N) is 2. The van der Waals surface area contributed by atoms with E-state index in [1.807, 2.05) is 32.2 Å². The summed E-state index contributed by atoms with van der Waals surface area (Å²) >= 11 is 9.75. The predicted molar refractivity (Wildman–Crippen MR) is 90.7 cm³/mol. The van der Waals surface area contributed by atoms with Crippen molar-refractivity contribution in [2.45, 2.75) is 25.7 Å². The summed E-state index contributed by atoms with van der Waals surface area (Å²) in [5.41, 5.74) is 1.93. The van der Waals surface area contributed by atoms with Gasteiger partial charge in [0.05, 0.1) is 5.69 Å². The van der Waals surface area contributed by atoms with E-state index in [0.29, 0.717) is 5.92 Å². The fraction of sp³-hybridized carbons (Fsp3) is 0.333. The summed E-state index contributed by atoms with van der Waals surface area (Å²) in [5.74, 6) is 3.00. The van der Waals surface area contributed by atoms with Crippen LogP contribution in [0.5, 0.6) is 0 Å². The van der Waals surface area contributed by atoms with E-state index in [2.05, 4.69) is 36.5 Å². The van der Waals surface area contributed by atoms with Gasteiger partial charge in [-0.25, -0.2) is 9.97 Å². The number of nitrogens with zero attached hydrogens (tertiary/aromatic N) is 2. The van der Waals surface area contributed by atoms with Crippen LogP contribution in [0.4, 0.5) is 17.3 Å². The zero-order chi connectivity index (χ0) is 15.0. The number of hydrogen-bond acceptors (Lipinski definition) is 4. The van der Waals surface area contributed by atoms with Gasteiger partial charge < -0.3 is 10.6 Å². The Balaban J connectivity index is 1.94. The van der Waals surface area contributed by atoms with E-state index in [-0.39, 0.29) is 0 Å². The van der Waals surface area contributed by atoms with Crippen LogP contribution in [0.15, 0.2) is 22.7 Å². The Morgan fingerprint density at radius 2 is 1.90 bits per heavy atom. The van der Waals surface area contributed by atoms with Crippen molar-refractivity contribution in [3.05, 3.63) is 39.1 Å². The lowest BCUT2D eigenvalue weighted by Gasteiger charge is -2.12. The SMILES string of the molecule is CNc1cc(Nc2cc(Cl)c(C)cc2Br)nc(C2CC2)n1. The highest BCUT2D eigenvalue weighted by Gasteiger charge is 2.27. The first kappa shape index (κ1) is 14.6. The monoisotopic (exact) mass is 366 g/mol. The molecule has 0 radical (unpaired) electrons. The first-order chi connectivity index (χ1) is 10.1. The van der Waals surface area contributed by atoms with Gasteiger partial charge in [0.2, 0.25) is 0 Å². The standard InChI is InChI=1S/C15H16BrClN4/c1-8-5-10(16)12(6-11(8)17)19-14-7-13(18-2)20-15(21-14)9-3-4-9/h5-7,9H,3-4H2,1-2H3,(H2,18,19,20,21). The van der Waals surface area contributed by atoms with E-state index in [0.717, 1.165) is 38.2 Å². The van der Waals surface area contributed by atoms with E-state index < -0.39 is 0 Å². The van der Waals surface area contributed by atoms with Crippen LogP contribution < -0.4 is 10.6 Å². The molecule has 1 fully saturated rings. The third-order valence-electron chi connectivity index (χ3n) is 3.45. The van der Waals surface area contributed by atoms with Crippen LogP contribution >= 0.6 is 27.5 Å². The molecule has 1 heterocycles. The minimum absolute atomic E-state index is 0.504. The molecular formula is C15H16BrClN4. The molecule has 4 nitrogen and oxygen atoms in total. The van der Waals surface area contributed by atoms with Gasteiger partial charge in [-0.1, -0.05) is 11.6 Å². The number of benzene rings is 1. The number of anilines is 3. The zero-order valence-electron chi connectivity index (χ0n) is 11.9. The maximum absolute atomic E-state index is 6.20. The maximum atomic E-state index is 6.20. The van der Waals surface area contributed by atoms with E-state index in [1.165, 1.54) is 12.8 Å². The third kappa shape index (κ3) is 3.30. The lowest BCUT2D eigenvalue weighted by Crippen LogP contribution is -2.03. The van der Waals surface area contributed by atoms with Gasteiger partial charge in [0.25, 0.3) is 0 Å². The molecule has 110 valence electrons. The van der Waals surface area contributed by atoms with Gasteiger partial charge in [-0.3, -0.25) is 0 Å². The first-order valence-corrected chi connectivity index (χ1v) is 8.03. The van der Waals surface area contributed by atoms with Crippen molar-refractivity contribution < 1.29 is 0 Å². The molecule has 0 spiro atoms. The molecule has 0 amide bonds. The summed E-state index contributed by atoms with van der Waals surface area (Å²) in [7, 11) is 1.86. The highest BCUT2D eigenvalue weighted by molar-refractivity contribution is 9.10. The van der Waals surface area contributed by atoms with Crippen molar-refractivity contribution in [1.29, 1.82) is 0 Å². The molecule has 0 atom stereocenters. The molecule has 0 aliphatic heterocycles. The molecule has 1 saturated carbocycles. The summed E-state index contributed by atoms with van der Waals surface area (Å²) in [6.07, 6.45) is 2.35. The second-order valence-corrected chi connectivity index (χ2v) is 6.49. The average Bonchev–Trinajstić information content (AvgIpc) is 3.29. The zero-order valence-corrected chi connectivity index (χ0v) is 14.2. The number of rotatable bonds is 4. The molecular weight excluding hydrogens is 352 g/mol. The largest absolute Gasteiger partial charge is 0.373 e. The molecule has 21 heavy (non-hydrogen) atoms. The molecule has 1 aromatic heterocycles. The van der Waals surface area contributed by atoms with Gasteiger partial charge >= 0.3 is 0 Å². The summed E-state index contributed by atoms with van der Waals surface area (Å²) < 4.78 is 0.960. The van der Waals surface area contributed by atoms with Gasteiger partial charge in [-0.2, -0.15) is 0 Å². The van der Waals surface area contributed by atoms with Crippen molar-refractivity contribution in [2.24, 2.45) is 0 Å². The molecule has 1 aliphatic carbocycles. The van der Waals surface area contributed by atoms with Gasteiger partial charge in [-0.05, 0) is 53.4 Å². The second-order valence-electron chi connectivity index (χ2n) is 5.23. The Labute approximate surface area is 137 Å². The van der Waals surface area contributed by atoms with Crippen molar-refractivity contribution >= 4 is 44.9 Å². The van der Waals surface area contributed by atoms with Crippen molar-refractivity contribution in [3.63, 3.8) is 0 Å². The lowest BCUT2D eigenvalue weighted by molar-refractivity contribution is 0.932. The van der Waals surface area contributed by atoms with Crippen LogP contribution in [0.2, 0.25) is 5.02 Å². The van der Waals surface area contributed by atoms with Gasteiger partial charge in [0.1, 0.15) is 17.5 Å². The second kappa shape index (κ2) is 5.81. The molecule has 1 aliphatic rings. The molecule has 2 aromatic rings. The van der Waals surface area contributed by atoms with Crippen LogP contribution in [0.25, 0.3) is 0 Å². The summed E-state index contributed by atoms with van der Waals surface area (Å²) in [5, 5.41) is 7.13. The Morgan fingerprint density at radius 1 is 1.19 bits per heavy atom. The molecule has 6 heteroatoms. The Hall–Kier alpha value is -1.33. The minimum atomic E-state index is 0.504. The Kier molecular flexibility index (Phi) is 4.04. The number of aromatic nitrogens is 2. The van der Waals surface area contributed by atoms with Crippen LogP contribution in [0.3, 0.4) is 0 Å². The summed E-state index contributed by atoms with van der Waals surface area (Å²) in [4.78, 5) is 9.12. The maximum Gasteiger partial charge on any atom is 0.136 e. The summed E-state index contributed by atoms with van der Waals surface area (Å²) in [6, 6.07) is 5.79. The predicted octanol–water partition coefficient (Wildman–Crippen LogP) is 4.86. The van der Waals surface area contributed by atoms with E-state index >= 15 is 0 Å². The van der Waals surface area contributed by atoms with E-state index in [9.17, 15) is 0 Å². The summed E-state index contributed by atoms with van der Waals surface area (Å²) in [6.45, 7) is 1.98. The van der Waals surface area contributed by atoms with Crippen LogP contribution in [0, 0.1) is 6.92 Å². The molecule has 2 N–H and O–H groups in total. The van der Waals surface area contributed by atoms with E-state index in [1.54, 1.807) is 0 Å². The Morgan fingerprint density at radius 3 is 2.57 bits per heavy atom. The van der Waals surface area contributed by atoms with Gasteiger partial charge in [0.15, 0.2) is 0 Å². The number of hydrogen-bond donors (Lipinski definition) is 2. The van der Waals surface area contributed by atoms with Crippen LogP contribution in [-0.2, 0) is 0 Å². The van der Waals surface area contributed by atoms with Gasteiger partial charge in [0, 0.05) is 28.5 Å². The lowest BCUT2D eigenvalue weighted by atomic mass is 10.2. The smallest absolute Gasteiger partial charge is 0.136 e. The van der Waals surface area contributed by atoms with Crippen LogP contribution in [0.1, 0.15) is 30.1 Å². The normalized spacial score (nSPS) is 14.1. The fourth-order valence-corrected chi connectivity index (χ4v) is 2.78. The first-order valence-electron chi connectivity index (χ1n) is 6.86. The van der Waals surface area contributed by atoms with E-state index in [4.69, 9.17) is 11.6 Å². The van der Waals surface area contributed by atoms with Crippen molar-refractivity contribution in [2.75, 3.05) is 17.7 Å². The molecule has 0 bridgehead atoms. The Bertz CT molecular complexity index is 686. The highest BCUT2D eigenvalue weighted by Crippen LogP contribution is 2.39. The quantitative estimate of drug-likeness (QED) is 0.810. The van der Waals surface area contributed by atoms with Crippen LogP contribution in [-0.4, -0.2) is 17.0 Å². The minimum Gasteiger partial charge on any atom is -0.373 e. The van der Waals surface area contributed by atoms with Crippen molar-refractivity contribution in [3.8, 4) is 0 Å². The topological polar surface area (TPSA) is 49.8 Å². The number of aryl methyl sites for hydroxylation is 1. The fourth-order valence-electron chi connectivity index (χ4n) is 2.06. The molecule has 0 unspecified atom stereocenters. The van der Waals surface area contributed by atoms with Gasteiger partial charge in [-0.15, -0.1) is 0 Å². The molecule has 3 rings (SSSR count). The number of halogens is 2. The average molecular weight is 368 g/mol. The molecule has 0 saturated heterocycles.